The highest BCUT2D eigenvalue weighted by Crippen LogP contribution is 2.18. The second-order valence-corrected chi connectivity index (χ2v) is 13.4. The van der Waals surface area contributed by atoms with Gasteiger partial charge in [-0.1, -0.05) is 104 Å². The third kappa shape index (κ3) is 31.0. The molecule has 0 spiro atoms. The van der Waals surface area contributed by atoms with Gasteiger partial charge in [0.1, 0.15) is 5.75 Å². The number of aryl methyl sites for hydroxylation is 2. The van der Waals surface area contributed by atoms with Crippen LogP contribution < -0.4 is 10.1 Å². The molecule has 0 aliphatic heterocycles. The van der Waals surface area contributed by atoms with E-state index in [1.807, 2.05) is 90.1 Å². The first kappa shape index (κ1) is 55.4. The predicted octanol–water partition coefficient (Wildman–Crippen LogP) is 11.3. The number of amides is 3. The van der Waals surface area contributed by atoms with Crippen molar-refractivity contribution >= 4 is 29.6 Å². The zero-order valence-electron chi connectivity index (χ0n) is 37.4. The number of para-hydroxylation sites is 1. The standard InChI is InChI=1S/C20H31N3O4.C10H23N.C10H12O2.C3H8.C2H6/c1-4-6-13-23(20(26)27-16-17(3)24)15-10-14-22(5-2)19(25)21-18-11-8-7-9-12-18;1-5-7-9-11(8-6-2)10(3)4;1-7-4-5-10(8(2)6-7)12-9(3)11;1-3-2;1-2/h7-9,11-12H,4-6,10,13-16H2,1-3H3,(H,21,25);10H,5-9H2,1-4H3;4-6H,1-3H3;3H2,1-2H3;1-2H3. The Morgan fingerprint density at radius 1 is 0.709 bits per heavy atom. The molecular weight excluding hydrogens is 693 g/mol. The van der Waals surface area contributed by atoms with Crippen molar-refractivity contribution in [3.05, 3.63) is 59.7 Å². The number of nitrogens with one attached hydrogen (secondary N) is 1. The summed E-state index contributed by atoms with van der Waals surface area (Å²) in [4.78, 5) is 52.0. The molecule has 55 heavy (non-hydrogen) atoms. The lowest BCUT2D eigenvalue weighted by Gasteiger charge is -2.25. The van der Waals surface area contributed by atoms with Crippen LogP contribution in [0.2, 0.25) is 0 Å². The zero-order valence-corrected chi connectivity index (χ0v) is 37.4. The van der Waals surface area contributed by atoms with Gasteiger partial charge in [-0.05, 0) is 104 Å². The summed E-state index contributed by atoms with van der Waals surface area (Å²) in [5, 5.41) is 2.87. The van der Waals surface area contributed by atoms with E-state index in [0.29, 0.717) is 38.3 Å². The number of anilines is 1. The normalized spacial score (nSPS) is 9.82. The maximum absolute atomic E-state index is 12.4. The Balaban J connectivity index is -0.000000795. The van der Waals surface area contributed by atoms with Crippen molar-refractivity contribution in [2.24, 2.45) is 0 Å². The van der Waals surface area contributed by atoms with Crippen LogP contribution in [0.25, 0.3) is 0 Å². The highest BCUT2D eigenvalue weighted by molar-refractivity contribution is 5.89. The lowest BCUT2D eigenvalue weighted by atomic mass is 10.1. The quantitative estimate of drug-likeness (QED) is 0.119. The van der Waals surface area contributed by atoms with Gasteiger partial charge in [-0.15, -0.1) is 0 Å². The van der Waals surface area contributed by atoms with Crippen LogP contribution in [0.1, 0.15) is 139 Å². The highest BCUT2D eigenvalue weighted by atomic mass is 16.6. The summed E-state index contributed by atoms with van der Waals surface area (Å²) in [6.45, 7) is 32.5. The smallest absolute Gasteiger partial charge is 0.410 e. The Kier molecular flexibility index (Phi) is 37.3. The molecule has 0 heterocycles. The molecular formula is C45H80N4O6. The fourth-order valence-corrected chi connectivity index (χ4v) is 4.82. The highest BCUT2D eigenvalue weighted by Gasteiger charge is 2.17. The van der Waals surface area contributed by atoms with Crippen LogP contribution in [0.3, 0.4) is 0 Å². The van der Waals surface area contributed by atoms with E-state index in [1.165, 1.54) is 58.2 Å². The van der Waals surface area contributed by atoms with Gasteiger partial charge in [-0.3, -0.25) is 9.59 Å². The van der Waals surface area contributed by atoms with Gasteiger partial charge in [0, 0.05) is 44.8 Å². The molecule has 0 unspecified atom stereocenters. The number of urea groups is 1. The first-order valence-corrected chi connectivity index (χ1v) is 20.7. The molecule has 316 valence electrons. The average molecular weight is 773 g/mol. The first-order chi connectivity index (χ1) is 26.2. The summed E-state index contributed by atoms with van der Waals surface area (Å²) in [5.74, 6) is 0.184. The molecule has 10 heteroatoms. The summed E-state index contributed by atoms with van der Waals surface area (Å²) in [5.41, 5.74) is 2.91. The molecule has 0 radical (unpaired) electrons. The number of ketones is 1. The Morgan fingerprint density at radius 3 is 1.73 bits per heavy atom. The van der Waals surface area contributed by atoms with Crippen molar-refractivity contribution in [2.45, 2.75) is 148 Å². The second kappa shape index (κ2) is 37.0. The molecule has 0 fully saturated rings. The van der Waals surface area contributed by atoms with E-state index in [4.69, 9.17) is 9.47 Å². The molecule has 3 amide bonds. The van der Waals surface area contributed by atoms with E-state index in [-0.39, 0.29) is 24.4 Å². The van der Waals surface area contributed by atoms with Gasteiger partial charge < -0.3 is 29.5 Å². The van der Waals surface area contributed by atoms with Crippen LogP contribution in [-0.2, 0) is 14.3 Å². The third-order valence-corrected chi connectivity index (χ3v) is 7.61. The number of unbranched alkanes of at least 4 members (excludes halogenated alkanes) is 2. The van der Waals surface area contributed by atoms with Crippen LogP contribution >= 0.6 is 0 Å². The molecule has 0 saturated carbocycles. The molecule has 0 aliphatic carbocycles. The Labute approximate surface area is 336 Å². The number of benzene rings is 2. The fourth-order valence-electron chi connectivity index (χ4n) is 4.82. The van der Waals surface area contributed by atoms with Crippen molar-refractivity contribution in [2.75, 3.05) is 51.2 Å². The summed E-state index contributed by atoms with van der Waals surface area (Å²) in [6.07, 6.45) is 7.16. The SMILES string of the molecule is CC.CC(=O)Oc1ccc(C)cc1C.CCC.CCCCN(CCC)C(C)C.CCCCN(CCCN(CC)C(=O)Nc1ccccc1)C(=O)OCC(C)=O. The number of ether oxygens (including phenoxy) is 2. The van der Waals surface area contributed by atoms with Gasteiger partial charge in [0.25, 0.3) is 0 Å². The number of esters is 1. The van der Waals surface area contributed by atoms with E-state index in [9.17, 15) is 19.2 Å². The van der Waals surface area contributed by atoms with Gasteiger partial charge in [-0.25, -0.2) is 9.59 Å². The maximum atomic E-state index is 12.4. The van der Waals surface area contributed by atoms with Gasteiger partial charge in [-0.2, -0.15) is 0 Å². The number of Topliss-reactive ketones (excluding diaryl/α,β-unsaturated/α-hetero) is 1. The predicted molar refractivity (Wildman–Crippen MR) is 232 cm³/mol. The van der Waals surface area contributed by atoms with Crippen LogP contribution in [0.15, 0.2) is 48.5 Å². The van der Waals surface area contributed by atoms with Crippen molar-refractivity contribution < 1.29 is 28.7 Å². The number of hydrogen-bond donors (Lipinski definition) is 1. The minimum absolute atomic E-state index is 0.164. The zero-order chi connectivity index (χ0) is 42.6. The summed E-state index contributed by atoms with van der Waals surface area (Å²) >= 11 is 0. The molecule has 2 aromatic rings. The molecule has 2 rings (SSSR count). The minimum atomic E-state index is -0.476. The Bertz CT molecular complexity index is 1260. The Hall–Kier alpha value is -3.92. The molecule has 2 aromatic carbocycles. The summed E-state index contributed by atoms with van der Waals surface area (Å²) in [7, 11) is 0. The minimum Gasteiger partial charge on any atom is -0.441 e. The van der Waals surface area contributed by atoms with Crippen molar-refractivity contribution in [1.29, 1.82) is 0 Å². The maximum Gasteiger partial charge on any atom is 0.410 e. The molecule has 0 saturated heterocycles. The van der Waals surface area contributed by atoms with Gasteiger partial charge in [0.05, 0.1) is 0 Å². The number of nitrogens with zero attached hydrogens (tertiary/aromatic N) is 3. The van der Waals surface area contributed by atoms with Crippen LogP contribution in [0.5, 0.6) is 5.75 Å². The molecule has 1 N–H and O–H groups in total. The number of carbonyl (C=O) groups excluding carboxylic acids is 4. The molecule has 10 nitrogen and oxygen atoms in total. The van der Waals surface area contributed by atoms with Crippen molar-refractivity contribution in [3.8, 4) is 5.75 Å². The lowest BCUT2D eigenvalue weighted by Crippen LogP contribution is -2.39. The molecule has 0 bridgehead atoms. The van der Waals surface area contributed by atoms with E-state index in [2.05, 4.69) is 51.8 Å². The van der Waals surface area contributed by atoms with E-state index in [0.717, 1.165) is 30.1 Å². The first-order valence-electron chi connectivity index (χ1n) is 20.7. The Morgan fingerprint density at radius 2 is 1.25 bits per heavy atom. The van der Waals surface area contributed by atoms with Crippen LogP contribution in [0, 0.1) is 13.8 Å². The average Bonchev–Trinajstić information content (AvgIpc) is 3.15. The summed E-state index contributed by atoms with van der Waals surface area (Å²) in [6, 6.07) is 15.6. The van der Waals surface area contributed by atoms with E-state index >= 15 is 0 Å². The van der Waals surface area contributed by atoms with E-state index < -0.39 is 6.09 Å². The van der Waals surface area contributed by atoms with Gasteiger partial charge in [0.15, 0.2) is 12.4 Å². The fraction of sp³-hybridized carbons (Fsp3) is 0.644. The monoisotopic (exact) mass is 773 g/mol. The second-order valence-electron chi connectivity index (χ2n) is 13.4. The number of carbonyl (C=O) groups is 4. The molecule has 0 aliphatic rings. The molecule has 0 atom stereocenters. The van der Waals surface area contributed by atoms with Crippen molar-refractivity contribution in [3.63, 3.8) is 0 Å². The van der Waals surface area contributed by atoms with Crippen LogP contribution in [-0.4, -0.2) is 90.5 Å². The molecule has 0 aromatic heterocycles. The van der Waals surface area contributed by atoms with Crippen molar-refractivity contribution in [1.82, 2.24) is 14.7 Å². The topological polar surface area (TPSA) is 108 Å². The van der Waals surface area contributed by atoms with E-state index in [1.54, 1.807) is 9.80 Å². The van der Waals surface area contributed by atoms with Gasteiger partial charge in [0.2, 0.25) is 0 Å². The van der Waals surface area contributed by atoms with Gasteiger partial charge >= 0.3 is 18.1 Å². The number of hydrogen-bond acceptors (Lipinski definition) is 7. The lowest BCUT2D eigenvalue weighted by molar-refractivity contribution is -0.132. The largest absolute Gasteiger partial charge is 0.441 e. The number of rotatable bonds is 18. The third-order valence-electron chi connectivity index (χ3n) is 7.61. The summed E-state index contributed by atoms with van der Waals surface area (Å²) < 4.78 is 9.98. The van der Waals surface area contributed by atoms with Crippen LogP contribution in [0.4, 0.5) is 15.3 Å².